The minimum absolute atomic E-state index is 0.284. The van der Waals surface area contributed by atoms with Crippen LogP contribution in [0.15, 0.2) is 69.1 Å². The van der Waals surface area contributed by atoms with E-state index in [4.69, 9.17) is 10.5 Å². The smallest absolute Gasteiger partial charge is 0.286 e. The monoisotopic (exact) mass is 441 g/mol. The molecule has 0 radical (unpaired) electrons. The number of rotatable bonds is 5. The van der Waals surface area contributed by atoms with Crippen molar-refractivity contribution < 1.29 is 9.53 Å². The van der Waals surface area contributed by atoms with Crippen LogP contribution in [0.2, 0.25) is 0 Å². The molecule has 0 bridgehead atoms. The van der Waals surface area contributed by atoms with Crippen molar-refractivity contribution in [1.82, 2.24) is 4.57 Å². The van der Waals surface area contributed by atoms with Crippen LogP contribution in [0.3, 0.4) is 0 Å². The summed E-state index contributed by atoms with van der Waals surface area (Å²) >= 11 is 4.62. The number of ether oxygens (including phenoxy) is 1. The lowest BCUT2D eigenvalue weighted by molar-refractivity contribution is -0.113. The molecule has 0 saturated heterocycles. The predicted molar refractivity (Wildman–Crippen MR) is 114 cm³/mol. The number of thioether (sulfide) groups is 1. The lowest BCUT2D eigenvalue weighted by Crippen LogP contribution is -2.07. The van der Waals surface area contributed by atoms with Crippen molar-refractivity contribution in [3.63, 3.8) is 0 Å². The van der Waals surface area contributed by atoms with Crippen molar-refractivity contribution in [3.05, 3.63) is 69.7 Å². The summed E-state index contributed by atoms with van der Waals surface area (Å²) < 4.78 is 8.99. The fourth-order valence-corrected chi connectivity index (χ4v) is 3.87. The van der Waals surface area contributed by atoms with E-state index in [0.717, 1.165) is 26.7 Å². The van der Waals surface area contributed by atoms with Gasteiger partial charge >= 0.3 is 0 Å². The first-order valence-electron chi connectivity index (χ1n) is 8.34. The summed E-state index contributed by atoms with van der Waals surface area (Å²) in [7, 11) is 0. The number of carbonyl (C=O) groups excluding carboxylic acids is 1. The third kappa shape index (κ3) is 3.94. The number of halogens is 1. The van der Waals surface area contributed by atoms with Crippen LogP contribution in [-0.4, -0.2) is 22.2 Å². The van der Waals surface area contributed by atoms with Crippen molar-refractivity contribution in [2.45, 2.75) is 6.54 Å². The molecule has 7 heteroatoms. The molecule has 2 heterocycles. The van der Waals surface area contributed by atoms with E-state index >= 15 is 0 Å². The van der Waals surface area contributed by atoms with Crippen LogP contribution < -0.4 is 10.5 Å². The zero-order valence-electron chi connectivity index (χ0n) is 14.3. The highest BCUT2D eigenvalue weighted by molar-refractivity contribution is 9.10. The van der Waals surface area contributed by atoms with E-state index in [0.29, 0.717) is 18.1 Å². The Bertz CT molecular complexity index is 1070. The van der Waals surface area contributed by atoms with Crippen LogP contribution >= 0.6 is 27.7 Å². The highest BCUT2D eigenvalue weighted by Crippen LogP contribution is 2.30. The van der Waals surface area contributed by atoms with E-state index in [9.17, 15) is 4.79 Å². The standard InChI is InChI=1S/C20H16BrN3O2S/c21-14-5-7-15(8-6-14)26-10-9-24-12-13(16-3-1-2-4-17(16)24)11-18-19(25)23-20(22)27-18/h1-8,11-12H,9-10H2,(H2,22,23,25)/b18-11-. The Kier molecular flexibility index (Phi) is 5.05. The van der Waals surface area contributed by atoms with Crippen LogP contribution in [0.5, 0.6) is 5.75 Å². The fraction of sp³-hybridized carbons (Fsp3) is 0.100. The zero-order valence-corrected chi connectivity index (χ0v) is 16.7. The molecule has 1 amide bonds. The van der Waals surface area contributed by atoms with E-state index < -0.39 is 0 Å². The number of hydrogen-bond acceptors (Lipinski definition) is 4. The molecule has 0 atom stereocenters. The van der Waals surface area contributed by atoms with Crippen LogP contribution in [-0.2, 0) is 11.3 Å². The molecule has 5 nitrogen and oxygen atoms in total. The lowest BCUT2D eigenvalue weighted by Gasteiger charge is -2.08. The number of fused-ring (bicyclic) bond motifs is 1. The van der Waals surface area contributed by atoms with Gasteiger partial charge in [0.15, 0.2) is 5.17 Å². The molecule has 0 unspecified atom stereocenters. The normalized spacial score (nSPS) is 15.5. The Morgan fingerprint density at radius 2 is 1.96 bits per heavy atom. The van der Waals surface area contributed by atoms with E-state index in [-0.39, 0.29) is 11.1 Å². The van der Waals surface area contributed by atoms with Gasteiger partial charge in [-0.25, -0.2) is 0 Å². The molecule has 3 aromatic rings. The maximum atomic E-state index is 11.9. The topological polar surface area (TPSA) is 69.6 Å². The maximum absolute atomic E-state index is 11.9. The van der Waals surface area contributed by atoms with E-state index in [1.165, 1.54) is 11.8 Å². The van der Waals surface area contributed by atoms with Gasteiger partial charge in [0, 0.05) is 27.1 Å². The van der Waals surface area contributed by atoms with Gasteiger partial charge < -0.3 is 15.0 Å². The van der Waals surface area contributed by atoms with Crippen molar-refractivity contribution in [2.75, 3.05) is 6.61 Å². The van der Waals surface area contributed by atoms with Gasteiger partial charge in [0.2, 0.25) is 0 Å². The quantitative estimate of drug-likeness (QED) is 0.595. The van der Waals surface area contributed by atoms with Crippen LogP contribution in [0.1, 0.15) is 5.56 Å². The molecular weight excluding hydrogens is 426 g/mol. The van der Waals surface area contributed by atoms with Gasteiger partial charge in [-0.15, -0.1) is 0 Å². The third-order valence-electron chi connectivity index (χ3n) is 4.16. The molecule has 4 rings (SSSR count). The Morgan fingerprint density at radius 3 is 2.70 bits per heavy atom. The van der Waals surface area contributed by atoms with Crippen LogP contribution in [0, 0.1) is 0 Å². The number of para-hydroxylation sites is 1. The average Bonchev–Trinajstić information content (AvgIpc) is 3.17. The van der Waals surface area contributed by atoms with E-state index in [1.807, 2.05) is 54.7 Å². The van der Waals surface area contributed by atoms with Crippen molar-refractivity contribution in [2.24, 2.45) is 10.7 Å². The summed E-state index contributed by atoms with van der Waals surface area (Å²) in [4.78, 5) is 16.2. The first-order chi connectivity index (χ1) is 13.1. The highest BCUT2D eigenvalue weighted by atomic mass is 79.9. The molecule has 1 aliphatic heterocycles. The lowest BCUT2D eigenvalue weighted by atomic mass is 10.1. The molecule has 1 aliphatic rings. The molecule has 0 fully saturated rings. The largest absolute Gasteiger partial charge is 0.492 e. The highest BCUT2D eigenvalue weighted by Gasteiger charge is 2.20. The number of aliphatic imine (C=N–C) groups is 1. The molecule has 2 aromatic carbocycles. The second kappa shape index (κ2) is 7.62. The third-order valence-corrected chi connectivity index (χ3v) is 5.50. The molecule has 1 aromatic heterocycles. The fourth-order valence-electron chi connectivity index (χ4n) is 2.93. The van der Waals surface area contributed by atoms with E-state index in [1.54, 1.807) is 0 Å². The van der Waals surface area contributed by atoms with E-state index in [2.05, 4.69) is 31.6 Å². The number of hydrogen-bond donors (Lipinski definition) is 1. The summed E-state index contributed by atoms with van der Waals surface area (Å²) in [5.41, 5.74) is 7.70. The van der Waals surface area contributed by atoms with Gasteiger partial charge in [0.05, 0.1) is 11.4 Å². The Morgan fingerprint density at radius 1 is 1.19 bits per heavy atom. The second-order valence-electron chi connectivity index (χ2n) is 5.96. The summed E-state index contributed by atoms with van der Waals surface area (Å²) in [6.07, 6.45) is 3.88. The molecule has 27 heavy (non-hydrogen) atoms. The SMILES string of the molecule is NC1=NC(=O)/C(=C/c2cn(CCOc3ccc(Br)cc3)c3ccccc23)S1. The summed E-state index contributed by atoms with van der Waals surface area (Å²) in [6, 6.07) is 15.9. The van der Waals surface area contributed by atoms with Crippen LogP contribution in [0.4, 0.5) is 0 Å². The minimum Gasteiger partial charge on any atom is -0.492 e. The van der Waals surface area contributed by atoms with Crippen molar-refractivity contribution in [3.8, 4) is 5.75 Å². The molecular formula is C20H16BrN3O2S. The van der Waals surface area contributed by atoms with Crippen molar-refractivity contribution >= 4 is 55.7 Å². The summed E-state index contributed by atoms with van der Waals surface area (Å²) in [5, 5.41) is 1.37. The Labute approximate surface area is 169 Å². The predicted octanol–water partition coefficient (Wildman–Crippen LogP) is 4.41. The Hall–Kier alpha value is -2.51. The molecule has 0 aliphatic carbocycles. The molecule has 0 saturated carbocycles. The van der Waals surface area contributed by atoms with Gasteiger partial charge in [-0.3, -0.25) is 4.79 Å². The first kappa shape index (κ1) is 17.9. The molecule has 2 N–H and O–H groups in total. The number of nitrogens with zero attached hydrogens (tertiary/aromatic N) is 2. The number of nitrogens with two attached hydrogens (primary N) is 1. The Balaban J connectivity index is 1.56. The van der Waals surface area contributed by atoms with Gasteiger partial charge in [0.25, 0.3) is 5.91 Å². The van der Waals surface area contributed by atoms with Crippen molar-refractivity contribution in [1.29, 1.82) is 0 Å². The maximum Gasteiger partial charge on any atom is 0.286 e. The minimum atomic E-state index is -0.284. The summed E-state index contributed by atoms with van der Waals surface area (Å²) in [5.74, 6) is 0.547. The zero-order chi connectivity index (χ0) is 18.8. The average molecular weight is 442 g/mol. The van der Waals surface area contributed by atoms with Gasteiger partial charge in [0.1, 0.15) is 12.4 Å². The number of aromatic nitrogens is 1. The van der Waals surface area contributed by atoms with Gasteiger partial charge in [-0.2, -0.15) is 4.99 Å². The van der Waals surface area contributed by atoms with Crippen LogP contribution in [0.25, 0.3) is 17.0 Å². The number of amidine groups is 1. The summed E-state index contributed by atoms with van der Waals surface area (Å²) in [6.45, 7) is 1.24. The molecule has 136 valence electrons. The number of carbonyl (C=O) groups is 1. The number of benzene rings is 2. The van der Waals surface area contributed by atoms with Gasteiger partial charge in [-0.1, -0.05) is 34.1 Å². The first-order valence-corrected chi connectivity index (χ1v) is 9.95. The van der Waals surface area contributed by atoms with Gasteiger partial charge in [-0.05, 0) is 48.2 Å². The molecule has 0 spiro atoms. The number of amides is 1. The second-order valence-corrected chi connectivity index (χ2v) is 7.94.